The van der Waals surface area contributed by atoms with E-state index in [1.807, 2.05) is 6.92 Å². The number of aliphatic hydroxyl groups excluding tert-OH is 2. The van der Waals surface area contributed by atoms with Crippen molar-refractivity contribution in [2.24, 2.45) is 5.41 Å². The Morgan fingerprint density at radius 2 is 1.69 bits per heavy atom. The molecule has 0 spiro atoms. The predicted molar refractivity (Wildman–Crippen MR) is 64.9 cm³/mol. The first-order chi connectivity index (χ1) is 7.52. The van der Waals surface area contributed by atoms with Crippen LogP contribution >= 0.6 is 0 Å². The summed E-state index contributed by atoms with van der Waals surface area (Å²) in [7, 11) is 0. The smallest absolute Gasteiger partial charge is 0.0519 e. The van der Waals surface area contributed by atoms with Crippen LogP contribution in [0.1, 0.15) is 40.0 Å². The number of piperidine rings is 1. The van der Waals surface area contributed by atoms with Gasteiger partial charge >= 0.3 is 0 Å². The van der Waals surface area contributed by atoms with E-state index < -0.39 is 5.41 Å². The standard InChI is InChI=1S/C12H26N2O2/c1-10-5-4-6-11(2)14(10)13-7-12(3,8-15)9-16/h10-11,13,15-16H,4-9H2,1-3H3. The van der Waals surface area contributed by atoms with Crippen LogP contribution in [-0.2, 0) is 0 Å². The molecule has 0 aromatic carbocycles. The van der Waals surface area contributed by atoms with Gasteiger partial charge in [0.25, 0.3) is 0 Å². The number of nitrogens with one attached hydrogen (secondary N) is 1. The maximum Gasteiger partial charge on any atom is 0.0519 e. The average molecular weight is 230 g/mol. The Hall–Kier alpha value is -0.160. The van der Waals surface area contributed by atoms with Crippen LogP contribution in [-0.4, -0.2) is 47.1 Å². The lowest BCUT2D eigenvalue weighted by molar-refractivity contribution is 0.00227. The van der Waals surface area contributed by atoms with Crippen LogP contribution in [0.5, 0.6) is 0 Å². The number of hydrogen-bond donors (Lipinski definition) is 3. The molecule has 0 aliphatic carbocycles. The van der Waals surface area contributed by atoms with E-state index in [0.29, 0.717) is 18.6 Å². The van der Waals surface area contributed by atoms with Gasteiger partial charge in [-0.3, -0.25) is 5.43 Å². The van der Waals surface area contributed by atoms with Gasteiger partial charge in [0.05, 0.1) is 13.2 Å². The number of rotatable bonds is 5. The zero-order chi connectivity index (χ0) is 12.2. The molecule has 4 nitrogen and oxygen atoms in total. The van der Waals surface area contributed by atoms with Crippen LogP contribution in [0.2, 0.25) is 0 Å². The third kappa shape index (κ3) is 3.42. The normalized spacial score (nSPS) is 28.3. The van der Waals surface area contributed by atoms with Gasteiger partial charge in [-0.15, -0.1) is 0 Å². The van der Waals surface area contributed by atoms with Crippen molar-refractivity contribution >= 4 is 0 Å². The molecule has 0 aromatic rings. The van der Waals surface area contributed by atoms with Gasteiger partial charge in [0.15, 0.2) is 0 Å². The highest BCUT2D eigenvalue weighted by molar-refractivity contribution is 4.80. The highest BCUT2D eigenvalue weighted by Gasteiger charge is 2.28. The summed E-state index contributed by atoms with van der Waals surface area (Å²) in [5.41, 5.74) is 2.94. The van der Waals surface area contributed by atoms with E-state index in [1.54, 1.807) is 0 Å². The van der Waals surface area contributed by atoms with Gasteiger partial charge in [0, 0.05) is 24.0 Å². The van der Waals surface area contributed by atoms with Crippen molar-refractivity contribution in [1.82, 2.24) is 10.4 Å². The zero-order valence-corrected chi connectivity index (χ0v) is 10.7. The molecule has 16 heavy (non-hydrogen) atoms. The molecule has 4 heteroatoms. The molecule has 0 radical (unpaired) electrons. The van der Waals surface area contributed by atoms with Crippen LogP contribution in [0.3, 0.4) is 0 Å². The number of aliphatic hydroxyl groups is 2. The number of hydrazine groups is 1. The van der Waals surface area contributed by atoms with Crippen molar-refractivity contribution in [3.63, 3.8) is 0 Å². The van der Waals surface area contributed by atoms with E-state index in [4.69, 9.17) is 0 Å². The summed E-state index contributed by atoms with van der Waals surface area (Å²) in [4.78, 5) is 0. The molecule has 1 saturated heterocycles. The fourth-order valence-electron chi connectivity index (χ4n) is 2.18. The fraction of sp³-hybridized carbons (Fsp3) is 1.00. The predicted octanol–water partition coefficient (Wildman–Crippen LogP) is 0.745. The summed E-state index contributed by atoms with van der Waals surface area (Å²) in [6, 6.07) is 1.07. The molecule has 96 valence electrons. The van der Waals surface area contributed by atoms with Crippen LogP contribution in [0, 0.1) is 5.41 Å². The topological polar surface area (TPSA) is 55.7 Å². The van der Waals surface area contributed by atoms with Crippen molar-refractivity contribution < 1.29 is 10.2 Å². The first kappa shape index (κ1) is 13.9. The van der Waals surface area contributed by atoms with Gasteiger partial charge < -0.3 is 10.2 Å². The second kappa shape index (κ2) is 5.96. The Bertz CT molecular complexity index is 197. The Balaban J connectivity index is 2.46. The van der Waals surface area contributed by atoms with Crippen LogP contribution in [0.15, 0.2) is 0 Å². The first-order valence-corrected chi connectivity index (χ1v) is 6.26. The minimum absolute atomic E-state index is 0.00705. The minimum Gasteiger partial charge on any atom is -0.396 e. The van der Waals surface area contributed by atoms with Gasteiger partial charge in [-0.2, -0.15) is 0 Å². The molecule has 1 rings (SSSR count). The second-order valence-electron chi connectivity index (χ2n) is 5.50. The SMILES string of the molecule is CC1CCCC(C)N1NCC(C)(CO)CO. The summed E-state index contributed by atoms with van der Waals surface area (Å²) in [5.74, 6) is 0. The van der Waals surface area contributed by atoms with E-state index in [9.17, 15) is 10.2 Å². The molecule has 0 amide bonds. The Morgan fingerprint density at radius 1 is 1.19 bits per heavy atom. The van der Waals surface area contributed by atoms with Crippen LogP contribution in [0.4, 0.5) is 0 Å². The third-order valence-corrected chi connectivity index (χ3v) is 3.65. The Morgan fingerprint density at radius 3 is 2.12 bits per heavy atom. The van der Waals surface area contributed by atoms with E-state index in [0.717, 1.165) is 0 Å². The van der Waals surface area contributed by atoms with Crippen LogP contribution in [0.25, 0.3) is 0 Å². The average Bonchev–Trinajstić information content (AvgIpc) is 2.28. The molecule has 0 bridgehead atoms. The Kier molecular flexibility index (Phi) is 5.18. The summed E-state index contributed by atoms with van der Waals surface area (Å²) in [6.07, 6.45) is 3.72. The van der Waals surface area contributed by atoms with E-state index in [-0.39, 0.29) is 13.2 Å². The monoisotopic (exact) mass is 230 g/mol. The molecule has 1 fully saturated rings. The van der Waals surface area contributed by atoms with Gasteiger partial charge in [-0.1, -0.05) is 13.3 Å². The molecule has 2 atom stereocenters. The highest BCUT2D eigenvalue weighted by atomic mass is 16.3. The molecule has 1 aliphatic heterocycles. The van der Waals surface area contributed by atoms with Crippen LogP contribution < -0.4 is 5.43 Å². The molecule has 1 aliphatic rings. The number of nitrogens with zero attached hydrogens (tertiary/aromatic N) is 1. The highest BCUT2D eigenvalue weighted by Crippen LogP contribution is 2.21. The molecule has 1 heterocycles. The maximum absolute atomic E-state index is 9.23. The second-order valence-corrected chi connectivity index (χ2v) is 5.50. The molecule has 0 aromatic heterocycles. The molecule has 2 unspecified atom stereocenters. The lowest BCUT2D eigenvalue weighted by Crippen LogP contribution is -2.55. The summed E-state index contributed by atoms with van der Waals surface area (Å²) in [5, 5.41) is 20.7. The van der Waals surface area contributed by atoms with Crippen molar-refractivity contribution in [3.05, 3.63) is 0 Å². The summed E-state index contributed by atoms with van der Waals surface area (Å²) >= 11 is 0. The summed E-state index contributed by atoms with van der Waals surface area (Å²) < 4.78 is 0. The van der Waals surface area contributed by atoms with E-state index >= 15 is 0 Å². The van der Waals surface area contributed by atoms with Gasteiger partial charge in [-0.25, -0.2) is 5.01 Å². The molecular formula is C12H26N2O2. The van der Waals surface area contributed by atoms with E-state index in [1.165, 1.54) is 19.3 Å². The molecule has 0 saturated carbocycles. The zero-order valence-electron chi connectivity index (χ0n) is 10.7. The lowest BCUT2D eigenvalue weighted by atomic mass is 9.93. The van der Waals surface area contributed by atoms with Gasteiger partial charge in [0.2, 0.25) is 0 Å². The first-order valence-electron chi connectivity index (χ1n) is 6.26. The molecular weight excluding hydrogens is 204 g/mol. The van der Waals surface area contributed by atoms with E-state index in [2.05, 4.69) is 24.3 Å². The van der Waals surface area contributed by atoms with Gasteiger partial charge in [-0.05, 0) is 26.7 Å². The largest absolute Gasteiger partial charge is 0.396 e. The van der Waals surface area contributed by atoms with Crippen molar-refractivity contribution in [1.29, 1.82) is 0 Å². The molecule has 3 N–H and O–H groups in total. The van der Waals surface area contributed by atoms with Crippen molar-refractivity contribution in [3.8, 4) is 0 Å². The Labute approximate surface area is 98.6 Å². The van der Waals surface area contributed by atoms with Crippen molar-refractivity contribution in [2.75, 3.05) is 19.8 Å². The van der Waals surface area contributed by atoms with Crippen molar-refractivity contribution in [2.45, 2.75) is 52.1 Å². The number of hydrogen-bond acceptors (Lipinski definition) is 4. The minimum atomic E-state index is -0.434. The fourth-order valence-corrected chi connectivity index (χ4v) is 2.18. The quantitative estimate of drug-likeness (QED) is 0.652. The lowest BCUT2D eigenvalue weighted by Gasteiger charge is -2.41. The van der Waals surface area contributed by atoms with Gasteiger partial charge in [0.1, 0.15) is 0 Å². The summed E-state index contributed by atoms with van der Waals surface area (Å²) in [6.45, 7) is 6.96. The third-order valence-electron chi connectivity index (χ3n) is 3.65. The maximum atomic E-state index is 9.23.